The second-order valence-electron chi connectivity index (χ2n) is 3.08. The van der Waals surface area contributed by atoms with Crippen LogP contribution in [0.1, 0.15) is 11.1 Å². The largest absolute Gasteiger partial charge is 0.293 e. The van der Waals surface area contributed by atoms with Gasteiger partial charge in [0.2, 0.25) is 5.78 Å². The Labute approximate surface area is 86.2 Å². The zero-order valence-corrected chi connectivity index (χ0v) is 8.04. The molecular weight excluding hydrogens is 200 g/mol. The number of ketones is 1. The zero-order valence-electron chi connectivity index (χ0n) is 7.29. The Morgan fingerprint density at radius 3 is 2.64 bits per heavy atom. The average Bonchev–Trinajstić information content (AvgIpc) is 2.60. The lowest BCUT2D eigenvalue weighted by atomic mass is 10.0. The van der Waals surface area contributed by atoms with Crippen molar-refractivity contribution in [3.63, 3.8) is 0 Å². The maximum Gasteiger partial charge on any atom is 0.293 e. The molecule has 0 unspecified atom stereocenters. The van der Waals surface area contributed by atoms with E-state index in [0.717, 1.165) is 11.1 Å². The van der Waals surface area contributed by atoms with Crippen LogP contribution in [0.25, 0.3) is 5.57 Å². The third kappa shape index (κ3) is 1.38. The Balaban J connectivity index is 2.43. The van der Waals surface area contributed by atoms with Crippen molar-refractivity contribution in [1.29, 1.82) is 0 Å². The van der Waals surface area contributed by atoms with Crippen LogP contribution in [0.4, 0.5) is 0 Å². The predicted molar refractivity (Wildman–Crippen MR) is 54.0 cm³/mol. The lowest BCUT2D eigenvalue weighted by Crippen LogP contribution is -2.08. The molecule has 0 N–H and O–H groups in total. The zero-order chi connectivity index (χ0) is 10.1. The van der Waals surface area contributed by atoms with Gasteiger partial charge in [0, 0.05) is 5.57 Å². The highest BCUT2D eigenvalue weighted by Crippen LogP contribution is 2.27. The molecule has 1 aromatic rings. The van der Waals surface area contributed by atoms with E-state index in [1.807, 2.05) is 24.3 Å². The molecule has 0 saturated heterocycles. The fourth-order valence-electron chi connectivity index (χ4n) is 1.60. The lowest BCUT2D eigenvalue weighted by molar-refractivity contribution is -0.128. The monoisotopic (exact) mass is 206 g/mol. The molecule has 3 heteroatoms. The molecule has 0 bridgehead atoms. The number of hydrogen-bond donors (Lipinski definition) is 0. The van der Waals surface area contributed by atoms with Gasteiger partial charge in [0.1, 0.15) is 0 Å². The molecule has 70 valence electrons. The first-order valence-corrected chi connectivity index (χ1v) is 4.60. The highest BCUT2D eigenvalue weighted by Gasteiger charge is 2.23. The van der Waals surface area contributed by atoms with Crippen molar-refractivity contribution in [1.82, 2.24) is 0 Å². The number of benzene rings is 1. The van der Waals surface area contributed by atoms with Gasteiger partial charge in [-0.25, -0.2) is 0 Å². The van der Waals surface area contributed by atoms with Gasteiger partial charge in [-0.05, 0) is 29.1 Å². The van der Waals surface area contributed by atoms with E-state index in [9.17, 15) is 9.59 Å². The quantitative estimate of drug-likeness (QED) is 0.548. The van der Waals surface area contributed by atoms with Crippen molar-refractivity contribution in [2.24, 2.45) is 0 Å². The fraction of sp³-hybridized carbons (Fsp3) is 0.0909. The first kappa shape index (κ1) is 9.16. The lowest BCUT2D eigenvalue weighted by Gasteiger charge is -2.00. The highest BCUT2D eigenvalue weighted by atomic mass is 35.5. The summed E-state index contributed by atoms with van der Waals surface area (Å²) in [5, 5.41) is -0.923. The van der Waals surface area contributed by atoms with Crippen molar-refractivity contribution in [2.75, 3.05) is 0 Å². The van der Waals surface area contributed by atoms with Crippen LogP contribution in [0.5, 0.6) is 0 Å². The van der Waals surface area contributed by atoms with Gasteiger partial charge in [0.15, 0.2) is 0 Å². The Morgan fingerprint density at radius 2 is 1.93 bits per heavy atom. The van der Waals surface area contributed by atoms with Gasteiger partial charge in [-0.3, -0.25) is 9.59 Å². The van der Waals surface area contributed by atoms with Crippen LogP contribution in [-0.4, -0.2) is 11.0 Å². The van der Waals surface area contributed by atoms with E-state index in [0.29, 0.717) is 12.0 Å². The molecule has 14 heavy (non-hydrogen) atoms. The smallest absolute Gasteiger partial charge is 0.284 e. The Morgan fingerprint density at radius 1 is 1.21 bits per heavy atom. The summed E-state index contributed by atoms with van der Waals surface area (Å²) in [4.78, 5) is 22.1. The number of halogens is 1. The van der Waals surface area contributed by atoms with E-state index < -0.39 is 11.0 Å². The normalized spacial score (nSPS) is 13.4. The summed E-state index contributed by atoms with van der Waals surface area (Å²) in [5.74, 6) is -0.614. The van der Waals surface area contributed by atoms with Gasteiger partial charge in [0.25, 0.3) is 5.24 Å². The molecule has 0 saturated carbocycles. The minimum absolute atomic E-state index is 0.431. The average molecular weight is 207 g/mol. The Bertz CT molecular complexity index is 446. The van der Waals surface area contributed by atoms with E-state index in [-0.39, 0.29) is 0 Å². The van der Waals surface area contributed by atoms with Gasteiger partial charge < -0.3 is 0 Å². The van der Waals surface area contributed by atoms with Gasteiger partial charge in [0.05, 0.1) is 0 Å². The number of carbonyl (C=O) groups is 2. The van der Waals surface area contributed by atoms with Gasteiger partial charge in [-0.2, -0.15) is 0 Å². The molecule has 0 spiro atoms. The number of rotatable bonds is 2. The molecular formula is C11H7ClO2. The van der Waals surface area contributed by atoms with E-state index in [1.54, 1.807) is 6.08 Å². The summed E-state index contributed by atoms with van der Waals surface area (Å²) in [6, 6.07) is 7.50. The van der Waals surface area contributed by atoms with E-state index in [2.05, 4.69) is 0 Å². The van der Waals surface area contributed by atoms with Gasteiger partial charge in [-0.1, -0.05) is 30.3 Å². The molecule has 2 nitrogen and oxygen atoms in total. The molecule has 1 aliphatic rings. The molecule has 1 aliphatic carbocycles. The van der Waals surface area contributed by atoms with E-state index in [1.165, 1.54) is 0 Å². The summed E-state index contributed by atoms with van der Waals surface area (Å²) in [7, 11) is 0. The van der Waals surface area contributed by atoms with Crippen LogP contribution in [0.2, 0.25) is 0 Å². The number of allylic oxidation sites excluding steroid dienone is 2. The SMILES string of the molecule is O=C(Cl)C(=O)C1=CCc2ccccc21. The molecule has 0 fully saturated rings. The summed E-state index contributed by atoms with van der Waals surface area (Å²) in [6.45, 7) is 0. The first-order valence-electron chi connectivity index (χ1n) is 4.23. The van der Waals surface area contributed by atoms with Crippen LogP contribution in [0, 0.1) is 0 Å². The van der Waals surface area contributed by atoms with Crippen LogP contribution < -0.4 is 0 Å². The van der Waals surface area contributed by atoms with Gasteiger partial charge >= 0.3 is 0 Å². The molecule has 0 aliphatic heterocycles. The van der Waals surface area contributed by atoms with Crippen molar-refractivity contribution in [3.05, 3.63) is 41.5 Å². The van der Waals surface area contributed by atoms with Crippen LogP contribution in [-0.2, 0) is 16.0 Å². The summed E-state index contributed by atoms with van der Waals surface area (Å²) >= 11 is 5.15. The van der Waals surface area contributed by atoms with E-state index >= 15 is 0 Å². The predicted octanol–water partition coefficient (Wildman–Crippen LogP) is 1.96. The summed E-state index contributed by atoms with van der Waals surface area (Å²) in [5.41, 5.74) is 2.32. The molecule has 1 aromatic carbocycles. The minimum Gasteiger partial charge on any atom is -0.284 e. The third-order valence-electron chi connectivity index (χ3n) is 2.26. The fourth-order valence-corrected chi connectivity index (χ4v) is 1.71. The van der Waals surface area contributed by atoms with Crippen LogP contribution >= 0.6 is 11.6 Å². The standard InChI is InChI=1S/C11H7ClO2/c12-11(14)10(13)9-6-5-7-3-1-2-4-8(7)9/h1-4,6H,5H2. The Kier molecular flexibility index (Phi) is 2.22. The van der Waals surface area contributed by atoms with Gasteiger partial charge in [-0.15, -0.1) is 0 Å². The molecule has 0 atom stereocenters. The minimum atomic E-state index is -0.923. The second-order valence-corrected chi connectivity index (χ2v) is 3.43. The van der Waals surface area contributed by atoms with Crippen molar-refractivity contribution >= 4 is 28.2 Å². The van der Waals surface area contributed by atoms with Crippen LogP contribution in [0.3, 0.4) is 0 Å². The highest BCUT2D eigenvalue weighted by molar-refractivity contribution is 6.86. The molecule has 0 radical (unpaired) electrons. The second kappa shape index (κ2) is 3.39. The maximum absolute atomic E-state index is 11.4. The van der Waals surface area contributed by atoms with Crippen molar-refractivity contribution < 1.29 is 9.59 Å². The maximum atomic E-state index is 11.4. The molecule has 0 amide bonds. The topological polar surface area (TPSA) is 34.1 Å². The third-order valence-corrected chi connectivity index (χ3v) is 2.43. The van der Waals surface area contributed by atoms with Crippen molar-refractivity contribution in [3.8, 4) is 0 Å². The number of fused-ring (bicyclic) bond motifs is 1. The van der Waals surface area contributed by atoms with Crippen molar-refractivity contribution in [2.45, 2.75) is 6.42 Å². The number of carbonyl (C=O) groups excluding carboxylic acids is 2. The molecule has 0 heterocycles. The molecule has 0 aromatic heterocycles. The number of hydrogen-bond acceptors (Lipinski definition) is 2. The number of Topliss-reactive ketones (excluding diaryl/α,β-unsaturated/α-hetero) is 1. The Hall–Kier alpha value is -1.41. The van der Waals surface area contributed by atoms with E-state index in [4.69, 9.17) is 11.6 Å². The summed E-state index contributed by atoms with van der Waals surface area (Å²) in [6.07, 6.45) is 2.44. The van der Waals surface area contributed by atoms with Crippen LogP contribution in [0.15, 0.2) is 30.3 Å². The first-order chi connectivity index (χ1) is 6.70. The summed E-state index contributed by atoms with van der Waals surface area (Å²) < 4.78 is 0. The molecule has 2 rings (SSSR count).